The Balaban J connectivity index is 0.000000487. The zero-order valence-corrected chi connectivity index (χ0v) is 10.4. The largest absolute Gasteiger partial charge is 0.416 e. The van der Waals surface area contributed by atoms with Gasteiger partial charge in [-0.15, -0.1) is 0 Å². The molecule has 0 nitrogen and oxygen atoms in total. The molecule has 0 radical (unpaired) electrons. The van der Waals surface area contributed by atoms with Gasteiger partial charge in [0.15, 0.2) is 0 Å². The second-order valence-electron chi connectivity index (χ2n) is 4.61. The molecule has 3 heteroatoms. The first-order valence-corrected chi connectivity index (χ1v) is 5.28. The third kappa shape index (κ3) is 6.49. The summed E-state index contributed by atoms with van der Waals surface area (Å²) < 4.78 is 36.4. The maximum atomic E-state index is 12.1. The maximum absolute atomic E-state index is 12.1. The lowest BCUT2D eigenvalue weighted by Crippen LogP contribution is -2.05. The molecule has 0 heterocycles. The molecule has 0 fully saturated rings. The third-order valence-corrected chi connectivity index (χ3v) is 1.55. The predicted molar refractivity (Wildman–Crippen MR) is 61.4 cm³/mol. The molecule has 1 aromatic carbocycles. The number of benzene rings is 1. The van der Waals surface area contributed by atoms with Crippen LogP contribution < -0.4 is 0 Å². The second-order valence-corrected chi connectivity index (χ2v) is 4.61. The van der Waals surface area contributed by atoms with Gasteiger partial charge in [-0.1, -0.05) is 38.0 Å². The van der Waals surface area contributed by atoms with Gasteiger partial charge in [0.25, 0.3) is 0 Å². The number of hydrogen-bond acceptors (Lipinski definition) is 0. The molecule has 0 spiro atoms. The fraction of sp³-hybridized carbons (Fsp3) is 0.538. The van der Waals surface area contributed by atoms with Crippen molar-refractivity contribution in [2.75, 3.05) is 0 Å². The molecule has 0 N–H and O–H groups in total. The van der Waals surface area contributed by atoms with Gasteiger partial charge in [-0.2, -0.15) is 13.2 Å². The minimum atomic E-state index is -4.23. The van der Waals surface area contributed by atoms with Crippen LogP contribution in [0.4, 0.5) is 13.2 Å². The van der Waals surface area contributed by atoms with Gasteiger partial charge < -0.3 is 0 Å². The van der Waals surface area contributed by atoms with Crippen LogP contribution in [-0.4, -0.2) is 0 Å². The quantitative estimate of drug-likeness (QED) is 0.591. The van der Waals surface area contributed by atoms with E-state index >= 15 is 0 Å². The second kappa shape index (κ2) is 5.92. The lowest BCUT2D eigenvalue weighted by atomic mass is 10.1. The normalized spacial score (nSPS) is 11.1. The monoisotopic (exact) mass is 232 g/mol. The zero-order chi connectivity index (χ0) is 12.9. The Morgan fingerprint density at radius 3 is 1.44 bits per heavy atom. The van der Waals surface area contributed by atoms with Crippen LogP contribution >= 0.6 is 0 Å². The highest BCUT2D eigenvalue weighted by Gasteiger charge is 2.30. The molecule has 1 rings (SSSR count). The Bertz CT molecular complexity index is 301. The van der Waals surface area contributed by atoms with Crippen LogP contribution in [0.3, 0.4) is 0 Å². The highest BCUT2D eigenvalue weighted by molar-refractivity contribution is 5.30. The molecule has 0 aromatic heterocycles. The van der Waals surface area contributed by atoms with Crippen LogP contribution in [0.1, 0.15) is 37.5 Å². The number of aryl methyl sites for hydroxylation is 2. The molecule has 0 aliphatic carbocycles. The average Bonchev–Trinajstić information content (AvgIpc) is 1.98. The van der Waals surface area contributed by atoms with Crippen molar-refractivity contribution in [3.8, 4) is 0 Å². The number of halogens is 3. The Labute approximate surface area is 95.5 Å². The van der Waals surface area contributed by atoms with E-state index in [0.717, 1.165) is 18.1 Å². The molecule has 0 amide bonds. The van der Waals surface area contributed by atoms with Crippen LogP contribution in [0.5, 0.6) is 0 Å². The van der Waals surface area contributed by atoms with E-state index in [1.54, 1.807) is 19.9 Å². The Morgan fingerprint density at radius 2 is 1.19 bits per heavy atom. The van der Waals surface area contributed by atoms with E-state index in [-0.39, 0.29) is 0 Å². The third-order valence-electron chi connectivity index (χ3n) is 1.55. The van der Waals surface area contributed by atoms with Gasteiger partial charge in [-0.3, -0.25) is 0 Å². The van der Waals surface area contributed by atoms with E-state index < -0.39 is 11.7 Å². The molecular weight excluding hydrogens is 213 g/mol. The van der Waals surface area contributed by atoms with Gasteiger partial charge in [0.05, 0.1) is 5.56 Å². The fourth-order valence-electron chi connectivity index (χ4n) is 1.14. The van der Waals surface area contributed by atoms with Crippen molar-refractivity contribution in [2.45, 2.75) is 40.8 Å². The van der Waals surface area contributed by atoms with Crippen LogP contribution in [0.25, 0.3) is 0 Å². The molecule has 0 aliphatic rings. The molecular formula is C13H19F3. The number of alkyl halides is 3. The van der Waals surface area contributed by atoms with Gasteiger partial charge in [0.2, 0.25) is 0 Å². The van der Waals surface area contributed by atoms with E-state index in [2.05, 4.69) is 20.8 Å². The van der Waals surface area contributed by atoms with E-state index in [0.29, 0.717) is 11.1 Å². The molecule has 16 heavy (non-hydrogen) atoms. The van der Waals surface area contributed by atoms with Crippen molar-refractivity contribution in [3.05, 3.63) is 34.9 Å². The molecule has 0 aliphatic heterocycles. The summed E-state index contributed by atoms with van der Waals surface area (Å²) in [6, 6.07) is 4.01. The van der Waals surface area contributed by atoms with Crippen molar-refractivity contribution in [2.24, 2.45) is 5.92 Å². The highest BCUT2D eigenvalue weighted by atomic mass is 19.4. The van der Waals surface area contributed by atoms with Gasteiger partial charge in [0, 0.05) is 0 Å². The maximum Gasteiger partial charge on any atom is 0.416 e. The SMILES string of the molecule is CC(C)C.Cc1cc(C)cc(C(F)(F)F)c1. The zero-order valence-electron chi connectivity index (χ0n) is 10.4. The van der Waals surface area contributed by atoms with Gasteiger partial charge in [-0.25, -0.2) is 0 Å². The topological polar surface area (TPSA) is 0 Å². The van der Waals surface area contributed by atoms with Gasteiger partial charge in [0.1, 0.15) is 0 Å². The van der Waals surface area contributed by atoms with Gasteiger partial charge >= 0.3 is 6.18 Å². The van der Waals surface area contributed by atoms with Crippen molar-refractivity contribution in [1.82, 2.24) is 0 Å². The van der Waals surface area contributed by atoms with E-state index in [4.69, 9.17) is 0 Å². The molecule has 0 saturated heterocycles. The van der Waals surface area contributed by atoms with Crippen molar-refractivity contribution in [1.29, 1.82) is 0 Å². The molecule has 0 unspecified atom stereocenters. The fourth-order valence-corrected chi connectivity index (χ4v) is 1.14. The van der Waals surface area contributed by atoms with Crippen molar-refractivity contribution in [3.63, 3.8) is 0 Å². The summed E-state index contributed by atoms with van der Waals surface area (Å²) in [5.41, 5.74) is 0.713. The number of rotatable bonds is 0. The summed E-state index contributed by atoms with van der Waals surface area (Å²) in [6.45, 7) is 9.81. The Morgan fingerprint density at radius 1 is 0.875 bits per heavy atom. The van der Waals surface area contributed by atoms with Crippen LogP contribution in [0, 0.1) is 19.8 Å². The van der Waals surface area contributed by atoms with Crippen LogP contribution in [-0.2, 0) is 6.18 Å². The number of hydrogen-bond donors (Lipinski definition) is 0. The first-order chi connectivity index (χ1) is 7.12. The lowest BCUT2D eigenvalue weighted by molar-refractivity contribution is -0.137. The predicted octanol–water partition coefficient (Wildman–Crippen LogP) is 4.98. The van der Waals surface area contributed by atoms with Crippen LogP contribution in [0.2, 0.25) is 0 Å². The molecule has 0 atom stereocenters. The van der Waals surface area contributed by atoms with E-state index in [1.807, 2.05) is 0 Å². The smallest absolute Gasteiger partial charge is 0.166 e. The first-order valence-electron chi connectivity index (χ1n) is 5.28. The molecule has 0 saturated carbocycles. The van der Waals surface area contributed by atoms with Crippen molar-refractivity contribution < 1.29 is 13.2 Å². The minimum Gasteiger partial charge on any atom is -0.166 e. The molecule has 1 aromatic rings. The summed E-state index contributed by atoms with van der Waals surface area (Å²) in [7, 11) is 0. The first kappa shape index (κ1) is 15.0. The van der Waals surface area contributed by atoms with Crippen molar-refractivity contribution >= 4 is 0 Å². The highest BCUT2D eigenvalue weighted by Crippen LogP contribution is 2.30. The summed E-state index contributed by atoms with van der Waals surface area (Å²) in [6.07, 6.45) is -4.23. The Hall–Kier alpha value is -0.990. The van der Waals surface area contributed by atoms with Gasteiger partial charge in [-0.05, 0) is 31.9 Å². The summed E-state index contributed by atoms with van der Waals surface area (Å²) in [5.74, 6) is 0.833. The summed E-state index contributed by atoms with van der Waals surface area (Å²) >= 11 is 0. The lowest BCUT2D eigenvalue weighted by Gasteiger charge is -2.08. The Kier molecular flexibility index (Phi) is 5.56. The van der Waals surface area contributed by atoms with E-state index in [9.17, 15) is 13.2 Å². The molecule has 0 bridgehead atoms. The average molecular weight is 232 g/mol. The van der Waals surface area contributed by atoms with E-state index in [1.165, 1.54) is 0 Å². The standard InChI is InChI=1S/C9H9F3.C4H10/c1-6-3-7(2)5-8(4-6)9(10,11)12;1-4(2)3/h3-5H,1-2H3;4H,1-3H3. The minimum absolute atomic E-state index is 0.569. The molecule has 92 valence electrons. The van der Waals surface area contributed by atoms with Crippen LogP contribution in [0.15, 0.2) is 18.2 Å². The summed E-state index contributed by atoms with van der Waals surface area (Å²) in [5, 5.41) is 0. The summed E-state index contributed by atoms with van der Waals surface area (Å²) in [4.78, 5) is 0.